The van der Waals surface area contributed by atoms with E-state index < -0.39 is 0 Å². The number of fused-ring (bicyclic) bond motifs is 1. The van der Waals surface area contributed by atoms with Crippen LogP contribution in [0.4, 0.5) is 5.69 Å². The van der Waals surface area contributed by atoms with Crippen LogP contribution in [0.2, 0.25) is 0 Å². The van der Waals surface area contributed by atoms with Crippen LogP contribution in [0, 0.1) is 0 Å². The standard InChI is InChI=1S/C13H17N3/c14-10-1-2-12(8-10)16-11-3-4-13-9(7-11)5-6-15-13/h3-7,10,12,15-16H,1-2,8,14H2. The molecule has 0 radical (unpaired) electrons. The summed E-state index contributed by atoms with van der Waals surface area (Å²) in [5, 5.41) is 4.82. The molecule has 2 unspecified atom stereocenters. The molecule has 0 amide bonds. The van der Waals surface area contributed by atoms with Gasteiger partial charge in [0, 0.05) is 34.9 Å². The SMILES string of the molecule is NC1CCC(Nc2ccc3[nH]ccc3c2)C1. The van der Waals surface area contributed by atoms with Gasteiger partial charge in [-0.2, -0.15) is 0 Å². The molecule has 1 aromatic carbocycles. The lowest BCUT2D eigenvalue weighted by Gasteiger charge is -2.13. The number of rotatable bonds is 2. The Bertz CT molecular complexity index is 489. The lowest BCUT2D eigenvalue weighted by molar-refractivity contribution is 0.688. The Hall–Kier alpha value is -1.48. The molecule has 0 spiro atoms. The molecule has 4 N–H and O–H groups in total. The Morgan fingerprint density at radius 2 is 2.19 bits per heavy atom. The number of nitrogens with one attached hydrogen (secondary N) is 2. The van der Waals surface area contributed by atoms with Gasteiger partial charge in [-0.25, -0.2) is 0 Å². The van der Waals surface area contributed by atoms with Gasteiger partial charge in [-0.15, -0.1) is 0 Å². The Labute approximate surface area is 95.0 Å². The van der Waals surface area contributed by atoms with E-state index in [4.69, 9.17) is 5.73 Å². The number of hydrogen-bond acceptors (Lipinski definition) is 2. The second-order valence-corrected chi connectivity index (χ2v) is 4.69. The highest BCUT2D eigenvalue weighted by Crippen LogP contribution is 2.24. The third kappa shape index (κ3) is 1.78. The van der Waals surface area contributed by atoms with Crippen LogP contribution in [0.3, 0.4) is 0 Å². The summed E-state index contributed by atoms with van der Waals surface area (Å²) in [4.78, 5) is 3.20. The summed E-state index contributed by atoms with van der Waals surface area (Å²) in [7, 11) is 0. The van der Waals surface area contributed by atoms with E-state index in [1.807, 2.05) is 6.20 Å². The molecule has 1 heterocycles. The fourth-order valence-corrected chi connectivity index (χ4v) is 2.53. The molecule has 1 aromatic heterocycles. The Morgan fingerprint density at radius 1 is 1.25 bits per heavy atom. The minimum absolute atomic E-state index is 0.383. The molecule has 2 aromatic rings. The quantitative estimate of drug-likeness (QED) is 0.720. The molecule has 0 aliphatic heterocycles. The van der Waals surface area contributed by atoms with Crippen molar-refractivity contribution in [3.63, 3.8) is 0 Å². The van der Waals surface area contributed by atoms with Gasteiger partial charge in [-0.3, -0.25) is 0 Å². The van der Waals surface area contributed by atoms with Gasteiger partial charge in [0.2, 0.25) is 0 Å². The number of benzene rings is 1. The third-order valence-corrected chi connectivity index (χ3v) is 3.40. The van der Waals surface area contributed by atoms with Gasteiger partial charge in [0.25, 0.3) is 0 Å². The lowest BCUT2D eigenvalue weighted by Crippen LogP contribution is -2.20. The summed E-state index contributed by atoms with van der Waals surface area (Å²) < 4.78 is 0. The highest BCUT2D eigenvalue weighted by atomic mass is 14.9. The van der Waals surface area contributed by atoms with Gasteiger partial charge in [0.15, 0.2) is 0 Å². The first-order chi connectivity index (χ1) is 7.81. The van der Waals surface area contributed by atoms with Crippen LogP contribution < -0.4 is 11.1 Å². The van der Waals surface area contributed by atoms with Crippen molar-refractivity contribution in [1.82, 2.24) is 4.98 Å². The molecule has 1 fully saturated rings. The molecule has 1 aliphatic rings. The van der Waals surface area contributed by atoms with E-state index in [0.717, 1.165) is 12.8 Å². The van der Waals surface area contributed by atoms with Gasteiger partial charge >= 0.3 is 0 Å². The maximum atomic E-state index is 5.91. The number of H-pyrrole nitrogens is 1. The first-order valence-corrected chi connectivity index (χ1v) is 5.90. The Balaban J connectivity index is 1.78. The summed E-state index contributed by atoms with van der Waals surface area (Å²) >= 11 is 0. The van der Waals surface area contributed by atoms with E-state index >= 15 is 0 Å². The predicted octanol–water partition coefficient (Wildman–Crippen LogP) is 2.46. The predicted molar refractivity (Wildman–Crippen MR) is 67.5 cm³/mol. The molecule has 3 rings (SSSR count). The van der Waals surface area contributed by atoms with E-state index in [0.29, 0.717) is 12.1 Å². The Kier molecular flexibility index (Phi) is 2.33. The van der Waals surface area contributed by atoms with Crippen LogP contribution in [0.1, 0.15) is 19.3 Å². The topological polar surface area (TPSA) is 53.8 Å². The summed E-state index contributed by atoms with van der Waals surface area (Å²) in [6.07, 6.45) is 5.39. The van der Waals surface area contributed by atoms with Gasteiger partial charge in [0.05, 0.1) is 0 Å². The average molecular weight is 215 g/mol. The van der Waals surface area contributed by atoms with E-state index in [-0.39, 0.29) is 0 Å². The van der Waals surface area contributed by atoms with Crippen molar-refractivity contribution in [2.75, 3.05) is 5.32 Å². The monoisotopic (exact) mass is 215 g/mol. The van der Waals surface area contributed by atoms with Crippen molar-refractivity contribution in [2.45, 2.75) is 31.3 Å². The minimum Gasteiger partial charge on any atom is -0.382 e. The summed E-state index contributed by atoms with van der Waals surface area (Å²) in [6, 6.07) is 9.46. The average Bonchev–Trinajstić information content (AvgIpc) is 2.87. The maximum Gasteiger partial charge on any atom is 0.0455 e. The molecule has 84 valence electrons. The first kappa shape index (κ1) is 9.73. The van der Waals surface area contributed by atoms with Crippen LogP contribution in [-0.4, -0.2) is 17.1 Å². The summed E-state index contributed by atoms with van der Waals surface area (Å²) in [5.41, 5.74) is 8.30. The second-order valence-electron chi connectivity index (χ2n) is 4.69. The molecular formula is C13H17N3. The maximum absolute atomic E-state index is 5.91. The zero-order chi connectivity index (χ0) is 11.0. The fourth-order valence-electron chi connectivity index (χ4n) is 2.53. The van der Waals surface area contributed by atoms with Crippen LogP contribution in [0.15, 0.2) is 30.5 Å². The molecule has 1 aliphatic carbocycles. The van der Waals surface area contributed by atoms with Crippen molar-refractivity contribution >= 4 is 16.6 Å². The largest absolute Gasteiger partial charge is 0.382 e. The number of hydrogen-bond donors (Lipinski definition) is 3. The lowest BCUT2D eigenvalue weighted by atomic mass is 10.2. The molecule has 2 atom stereocenters. The van der Waals surface area contributed by atoms with E-state index in [1.165, 1.54) is 23.0 Å². The van der Waals surface area contributed by atoms with Gasteiger partial charge in [-0.1, -0.05) is 0 Å². The van der Waals surface area contributed by atoms with Crippen LogP contribution in [-0.2, 0) is 0 Å². The number of aromatic nitrogens is 1. The van der Waals surface area contributed by atoms with Gasteiger partial charge in [-0.05, 0) is 43.5 Å². The highest BCUT2D eigenvalue weighted by molar-refractivity contribution is 5.83. The van der Waals surface area contributed by atoms with E-state index in [1.54, 1.807) is 0 Å². The molecule has 0 saturated heterocycles. The van der Waals surface area contributed by atoms with Crippen molar-refractivity contribution in [3.8, 4) is 0 Å². The molecule has 3 nitrogen and oxygen atoms in total. The van der Waals surface area contributed by atoms with Gasteiger partial charge < -0.3 is 16.0 Å². The minimum atomic E-state index is 0.383. The van der Waals surface area contributed by atoms with Crippen molar-refractivity contribution in [2.24, 2.45) is 5.73 Å². The van der Waals surface area contributed by atoms with Gasteiger partial charge in [0.1, 0.15) is 0 Å². The van der Waals surface area contributed by atoms with Crippen LogP contribution in [0.5, 0.6) is 0 Å². The second kappa shape index (κ2) is 3.83. The molecular weight excluding hydrogens is 198 g/mol. The first-order valence-electron chi connectivity index (χ1n) is 5.90. The van der Waals surface area contributed by atoms with Crippen molar-refractivity contribution in [3.05, 3.63) is 30.5 Å². The van der Waals surface area contributed by atoms with Crippen LogP contribution in [0.25, 0.3) is 10.9 Å². The smallest absolute Gasteiger partial charge is 0.0455 e. The van der Waals surface area contributed by atoms with E-state index in [2.05, 4.69) is 34.6 Å². The number of anilines is 1. The molecule has 0 bridgehead atoms. The Morgan fingerprint density at radius 3 is 3.00 bits per heavy atom. The normalized spacial score (nSPS) is 25.1. The highest BCUT2D eigenvalue weighted by Gasteiger charge is 2.21. The number of nitrogens with two attached hydrogens (primary N) is 1. The summed E-state index contributed by atoms with van der Waals surface area (Å²) in [6.45, 7) is 0. The zero-order valence-electron chi connectivity index (χ0n) is 9.24. The van der Waals surface area contributed by atoms with E-state index in [9.17, 15) is 0 Å². The number of aromatic amines is 1. The molecule has 16 heavy (non-hydrogen) atoms. The van der Waals surface area contributed by atoms with Crippen LogP contribution >= 0.6 is 0 Å². The molecule has 1 saturated carbocycles. The molecule has 3 heteroatoms. The summed E-state index contributed by atoms with van der Waals surface area (Å²) in [5.74, 6) is 0. The third-order valence-electron chi connectivity index (χ3n) is 3.40. The fraction of sp³-hybridized carbons (Fsp3) is 0.385. The van der Waals surface area contributed by atoms with Crippen molar-refractivity contribution in [1.29, 1.82) is 0 Å². The van der Waals surface area contributed by atoms with Crippen molar-refractivity contribution < 1.29 is 0 Å². The zero-order valence-corrected chi connectivity index (χ0v) is 9.24.